The summed E-state index contributed by atoms with van der Waals surface area (Å²) in [5.74, 6) is -1.01. The number of rotatable bonds is 6. The normalized spacial score (nSPS) is 9.69. The van der Waals surface area contributed by atoms with Crippen molar-refractivity contribution >= 4 is 22.8 Å². The number of benzene rings is 1. The standard InChI is InChI=1S/C20H16FN2O5.Na/c1-4-7-23-11-15(20(26)28-6-3)18(24)13-8-16(21)12(9-17(13)23)14(10-22)19(25)27-5-2;/h1,8-9,11H,5-7H2,2-3H3;/q-1;+1. The zero-order valence-electron chi connectivity index (χ0n) is 16.2. The molecule has 1 aromatic carbocycles. The number of hydrogen-bond donors (Lipinski definition) is 0. The number of nitriles is 1. The van der Waals surface area contributed by atoms with E-state index in [0.717, 1.165) is 12.1 Å². The number of esters is 2. The summed E-state index contributed by atoms with van der Waals surface area (Å²) in [6, 6.07) is 3.64. The zero-order valence-corrected chi connectivity index (χ0v) is 18.2. The van der Waals surface area contributed by atoms with Crippen molar-refractivity contribution in [2.75, 3.05) is 13.2 Å². The molecule has 2 rings (SSSR count). The number of nitrogens with zero attached hydrogens (tertiary/aromatic N) is 2. The molecule has 1 heterocycles. The van der Waals surface area contributed by atoms with Crippen molar-refractivity contribution in [3.8, 4) is 18.4 Å². The Labute approximate surface area is 188 Å². The Hall–Kier alpha value is -2.78. The van der Waals surface area contributed by atoms with Crippen LogP contribution in [-0.4, -0.2) is 29.7 Å². The summed E-state index contributed by atoms with van der Waals surface area (Å²) in [5.41, 5.74) is -1.22. The molecule has 0 aliphatic heterocycles. The third-order valence-corrected chi connectivity index (χ3v) is 3.79. The fourth-order valence-corrected chi connectivity index (χ4v) is 2.60. The van der Waals surface area contributed by atoms with E-state index in [1.165, 1.54) is 10.8 Å². The molecule has 1 aromatic heterocycles. The summed E-state index contributed by atoms with van der Waals surface area (Å²) in [4.78, 5) is 36.6. The van der Waals surface area contributed by atoms with Crippen molar-refractivity contribution in [3.05, 3.63) is 51.4 Å². The zero-order chi connectivity index (χ0) is 20.8. The molecule has 0 saturated carbocycles. The predicted molar refractivity (Wildman–Crippen MR) is 97.5 cm³/mol. The Morgan fingerprint density at radius 3 is 2.48 bits per heavy atom. The van der Waals surface area contributed by atoms with E-state index in [4.69, 9.17) is 15.9 Å². The van der Waals surface area contributed by atoms with Crippen LogP contribution in [0.1, 0.15) is 29.8 Å². The van der Waals surface area contributed by atoms with Crippen LogP contribution < -0.4 is 35.0 Å². The maximum atomic E-state index is 14.7. The summed E-state index contributed by atoms with van der Waals surface area (Å²) >= 11 is 0. The molecule has 29 heavy (non-hydrogen) atoms. The number of halogens is 1. The number of hydrogen-bond acceptors (Lipinski definition) is 6. The van der Waals surface area contributed by atoms with Gasteiger partial charge in [0.1, 0.15) is 5.56 Å². The second-order valence-corrected chi connectivity index (χ2v) is 5.48. The van der Waals surface area contributed by atoms with E-state index in [0.29, 0.717) is 0 Å². The molecule has 7 nitrogen and oxygen atoms in total. The van der Waals surface area contributed by atoms with Gasteiger partial charge in [-0.15, -0.1) is 18.1 Å². The number of carbonyl (C=O) groups is 2. The molecule has 0 spiro atoms. The second-order valence-electron chi connectivity index (χ2n) is 5.48. The SMILES string of the molecule is C#CCn1cc(C(=O)OCC)c(=O)c2cc(F)c([C-](C#N)C(=O)OCC)cc21.[Na+]. The maximum Gasteiger partial charge on any atom is 1.00 e. The van der Waals surface area contributed by atoms with E-state index in [1.54, 1.807) is 19.9 Å². The van der Waals surface area contributed by atoms with Gasteiger partial charge in [0.15, 0.2) is 0 Å². The summed E-state index contributed by atoms with van der Waals surface area (Å²) in [7, 11) is 0. The van der Waals surface area contributed by atoms with E-state index in [9.17, 15) is 24.0 Å². The smallest absolute Gasteiger partial charge is 0.471 e. The van der Waals surface area contributed by atoms with Gasteiger partial charge in [-0.1, -0.05) is 12.0 Å². The van der Waals surface area contributed by atoms with Crippen LogP contribution in [-0.2, 0) is 20.8 Å². The molecule has 0 fully saturated rings. The molecule has 0 aliphatic carbocycles. The first-order chi connectivity index (χ1) is 13.4. The number of aromatic nitrogens is 1. The molecule has 0 radical (unpaired) electrons. The molecule has 0 unspecified atom stereocenters. The minimum absolute atomic E-state index is 0. The maximum absolute atomic E-state index is 14.7. The average molecular weight is 406 g/mol. The van der Waals surface area contributed by atoms with Gasteiger partial charge >= 0.3 is 35.5 Å². The second kappa shape index (κ2) is 10.7. The molecule has 9 heteroatoms. The van der Waals surface area contributed by atoms with Crippen LogP contribution in [0.25, 0.3) is 10.9 Å². The Balaban J connectivity index is 0.00000420. The summed E-state index contributed by atoms with van der Waals surface area (Å²) in [5, 5.41) is 9.12. The number of pyridine rings is 1. The Morgan fingerprint density at radius 1 is 1.28 bits per heavy atom. The van der Waals surface area contributed by atoms with Crippen molar-refractivity contribution in [1.29, 1.82) is 5.26 Å². The van der Waals surface area contributed by atoms with Crippen molar-refractivity contribution in [2.24, 2.45) is 0 Å². The first-order valence-corrected chi connectivity index (χ1v) is 8.31. The van der Waals surface area contributed by atoms with Crippen LogP contribution in [0.2, 0.25) is 0 Å². The minimum atomic E-state index is -0.989. The Morgan fingerprint density at radius 2 is 1.93 bits per heavy atom. The monoisotopic (exact) mass is 406 g/mol. The van der Waals surface area contributed by atoms with Crippen LogP contribution in [0.5, 0.6) is 0 Å². The van der Waals surface area contributed by atoms with Gasteiger partial charge in [-0.2, -0.15) is 0 Å². The van der Waals surface area contributed by atoms with E-state index in [2.05, 4.69) is 5.92 Å². The third kappa shape index (κ3) is 4.99. The van der Waals surface area contributed by atoms with Gasteiger partial charge in [0, 0.05) is 29.4 Å². The van der Waals surface area contributed by atoms with Crippen LogP contribution in [0, 0.1) is 35.4 Å². The fraction of sp³-hybridized carbons (Fsp3) is 0.250. The summed E-state index contributed by atoms with van der Waals surface area (Å²) in [6.45, 7) is 3.14. The molecule has 2 aromatic rings. The van der Waals surface area contributed by atoms with Gasteiger partial charge in [0.05, 0.1) is 19.8 Å². The van der Waals surface area contributed by atoms with Gasteiger partial charge in [0.25, 0.3) is 5.97 Å². The van der Waals surface area contributed by atoms with Gasteiger partial charge in [-0.05, 0) is 19.4 Å². The van der Waals surface area contributed by atoms with Crippen LogP contribution >= 0.6 is 0 Å². The minimum Gasteiger partial charge on any atom is -0.471 e. The third-order valence-electron chi connectivity index (χ3n) is 3.79. The quantitative estimate of drug-likeness (QED) is 0.263. The van der Waals surface area contributed by atoms with Gasteiger partial charge < -0.3 is 14.0 Å². The summed E-state index contributed by atoms with van der Waals surface area (Å²) in [6.07, 6.45) is 6.55. The van der Waals surface area contributed by atoms with E-state index in [-0.39, 0.29) is 71.3 Å². The first kappa shape index (κ1) is 24.3. The molecule has 0 N–H and O–H groups in total. The fourth-order valence-electron chi connectivity index (χ4n) is 2.60. The summed E-state index contributed by atoms with van der Waals surface area (Å²) < 4.78 is 25.6. The molecule has 144 valence electrons. The van der Waals surface area contributed by atoms with E-state index in [1.807, 2.05) is 0 Å². The van der Waals surface area contributed by atoms with Crippen molar-refractivity contribution in [2.45, 2.75) is 20.4 Å². The Kier molecular flexibility index (Phi) is 8.93. The van der Waals surface area contributed by atoms with Gasteiger partial charge in [0.2, 0.25) is 5.43 Å². The molecule has 0 aliphatic rings. The van der Waals surface area contributed by atoms with Crippen LogP contribution in [0.15, 0.2) is 23.1 Å². The largest absolute Gasteiger partial charge is 1.00 e. The molecule has 0 saturated heterocycles. The van der Waals surface area contributed by atoms with Crippen molar-refractivity contribution in [3.63, 3.8) is 0 Å². The molecule has 0 atom stereocenters. The molecule has 0 bridgehead atoms. The number of ether oxygens (including phenoxy) is 2. The van der Waals surface area contributed by atoms with E-state index < -0.39 is 29.1 Å². The number of fused-ring (bicyclic) bond motifs is 1. The molecular weight excluding hydrogens is 390 g/mol. The van der Waals surface area contributed by atoms with Crippen molar-refractivity contribution in [1.82, 2.24) is 4.57 Å². The first-order valence-electron chi connectivity index (χ1n) is 8.31. The van der Waals surface area contributed by atoms with Gasteiger partial charge in [-0.25, -0.2) is 10.1 Å². The molecular formula is C20H16FN2NaO5. The average Bonchev–Trinajstić information content (AvgIpc) is 2.66. The molecule has 0 amide bonds. The number of carbonyl (C=O) groups excluding carboxylic acids is 2. The van der Waals surface area contributed by atoms with Crippen molar-refractivity contribution < 1.29 is 53.0 Å². The van der Waals surface area contributed by atoms with Crippen LogP contribution in [0.4, 0.5) is 4.39 Å². The number of terminal acetylenes is 1. The van der Waals surface area contributed by atoms with Crippen LogP contribution in [0.3, 0.4) is 0 Å². The topological polar surface area (TPSA) is 98.4 Å². The predicted octanol–water partition coefficient (Wildman–Crippen LogP) is -1.04. The van der Waals surface area contributed by atoms with E-state index >= 15 is 0 Å². The Bertz CT molecular complexity index is 1080. The van der Waals surface area contributed by atoms with Gasteiger partial charge in [-0.3, -0.25) is 14.0 Å².